The summed E-state index contributed by atoms with van der Waals surface area (Å²) in [7, 11) is 1.63. The van der Waals surface area contributed by atoms with Crippen molar-refractivity contribution in [3.63, 3.8) is 0 Å². The topological polar surface area (TPSA) is 58.6 Å². The van der Waals surface area contributed by atoms with Crippen molar-refractivity contribution in [3.05, 3.63) is 48.3 Å². The fraction of sp³-hybridized carbons (Fsp3) is 0.353. The molecule has 1 aromatic carbocycles. The van der Waals surface area contributed by atoms with Crippen molar-refractivity contribution in [2.24, 2.45) is 0 Å². The number of para-hydroxylation sites is 1. The molecule has 6 heteroatoms. The van der Waals surface area contributed by atoms with Crippen LogP contribution in [0.15, 0.2) is 42.7 Å². The van der Waals surface area contributed by atoms with E-state index in [1.54, 1.807) is 25.6 Å². The highest BCUT2D eigenvalue weighted by Gasteiger charge is 2.23. The summed E-state index contributed by atoms with van der Waals surface area (Å²) < 4.78 is 5.31. The van der Waals surface area contributed by atoms with Crippen molar-refractivity contribution >= 4 is 11.9 Å². The van der Waals surface area contributed by atoms with E-state index in [0.29, 0.717) is 19.5 Å². The van der Waals surface area contributed by atoms with Gasteiger partial charge in [0.1, 0.15) is 5.75 Å². The van der Waals surface area contributed by atoms with Gasteiger partial charge in [-0.25, -0.2) is 9.97 Å². The fourth-order valence-electron chi connectivity index (χ4n) is 2.73. The molecule has 1 aliphatic heterocycles. The molecule has 1 saturated heterocycles. The number of amides is 1. The lowest BCUT2D eigenvalue weighted by atomic mass is 10.1. The minimum absolute atomic E-state index is 0.128. The number of methoxy groups -OCH3 is 1. The highest BCUT2D eigenvalue weighted by atomic mass is 16.5. The molecule has 1 fully saturated rings. The lowest BCUT2D eigenvalue weighted by molar-refractivity contribution is -0.130. The standard InChI is InChI=1S/C17H20N4O2/c1-23-15-6-3-2-5-14(15)13-16(22)20-9-11-21(12-10-20)17-18-7-4-8-19-17/h2-8H,9-13H2,1H3. The summed E-state index contributed by atoms with van der Waals surface area (Å²) in [4.78, 5) is 25.0. The van der Waals surface area contributed by atoms with Crippen LogP contribution in [0.2, 0.25) is 0 Å². The number of carbonyl (C=O) groups excluding carboxylic acids is 1. The van der Waals surface area contributed by atoms with Crippen LogP contribution in [0.4, 0.5) is 5.95 Å². The molecule has 3 rings (SSSR count). The predicted molar refractivity (Wildman–Crippen MR) is 87.5 cm³/mol. The number of nitrogens with zero attached hydrogens (tertiary/aromatic N) is 4. The first-order chi connectivity index (χ1) is 11.3. The Morgan fingerprint density at radius 3 is 2.48 bits per heavy atom. The van der Waals surface area contributed by atoms with E-state index < -0.39 is 0 Å². The van der Waals surface area contributed by atoms with Crippen molar-refractivity contribution in [2.45, 2.75) is 6.42 Å². The van der Waals surface area contributed by atoms with Crippen LogP contribution in [0.1, 0.15) is 5.56 Å². The zero-order valence-corrected chi connectivity index (χ0v) is 13.2. The van der Waals surface area contributed by atoms with E-state index in [4.69, 9.17) is 4.74 Å². The monoisotopic (exact) mass is 312 g/mol. The molecule has 120 valence electrons. The Kier molecular flexibility index (Phi) is 4.71. The number of anilines is 1. The normalized spacial score (nSPS) is 14.7. The molecule has 0 aliphatic carbocycles. The molecule has 1 amide bonds. The molecule has 2 heterocycles. The Hall–Kier alpha value is -2.63. The predicted octanol–water partition coefficient (Wildman–Crippen LogP) is 1.38. The minimum atomic E-state index is 0.128. The maximum atomic E-state index is 12.5. The van der Waals surface area contributed by atoms with Crippen LogP contribution < -0.4 is 9.64 Å². The number of ether oxygens (including phenoxy) is 1. The molecule has 6 nitrogen and oxygen atoms in total. The van der Waals surface area contributed by atoms with Gasteiger partial charge in [0.05, 0.1) is 13.5 Å². The van der Waals surface area contributed by atoms with Gasteiger partial charge in [0.15, 0.2) is 0 Å². The summed E-state index contributed by atoms with van der Waals surface area (Å²) in [5.74, 6) is 1.62. The second kappa shape index (κ2) is 7.09. The Balaban J connectivity index is 1.58. The van der Waals surface area contributed by atoms with E-state index in [9.17, 15) is 4.79 Å². The lowest BCUT2D eigenvalue weighted by Gasteiger charge is -2.34. The van der Waals surface area contributed by atoms with Gasteiger partial charge in [-0.3, -0.25) is 4.79 Å². The second-order valence-corrected chi connectivity index (χ2v) is 5.41. The lowest BCUT2D eigenvalue weighted by Crippen LogP contribution is -2.49. The summed E-state index contributed by atoms with van der Waals surface area (Å²) in [6.07, 6.45) is 3.84. The van der Waals surface area contributed by atoms with Crippen LogP contribution in [0.25, 0.3) is 0 Å². The largest absolute Gasteiger partial charge is 0.496 e. The average molecular weight is 312 g/mol. The van der Waals surface area contributed by atoms with Crippen LogP contribution in [-0.2, 0) is 11.2 Å². The number of rotatable bonds is 4. The van der Waals surface area contributed by atoms with Gasteiger partial charge in [-0.15, -0.1) is 0 Å². The number of hydrogen-bond donors (Lipinski definition) is 0. The van der Waals surface area contributed by atoms with Gasteiger partial charge >= 0.3 is 0 Å². The smallest absolute Gasteiger partial charge is 0.227 e. The number of piperazine rings is 1. The van der Waals surface area contributed by atoms with Gasteiger partial charge in [0.25, 0.3) is 0 Å². The van der Waals surface area contributed by atoms with Crippen LogP contribution in [-0.4, -0.2) is 54.1 Å². The van der Waals surface area contributed by atoms with Gasteiger partial charge in [0.2, 0.25) is 11.9 Å². The third-order valence-corrected chi connectivity index (χ3v) is 4.00. The maximum absolute atomic E-state index is 12.5. The SMILES string of the molecule is COc1ccccc1CC(=O)N1CCN(c2ncccn2)CC1. The number of benzene rings is 1. The van der Waals surface area contributed by atoms with Crippen LogP contribution in [0, 0.1) is 0 Å². The molecule has 23 heavy (non-hydrogen) atoms. The number of aromatic nitrogens is 2. The first kappa shape index (κ1) is 15.3. The minimum Gasteiger partial charge on any atom is -0.496 e. The fourth-order valence-corrected chi connectivity index (χ4v) is 2.73. The Bertz CT molecular complexity index is 655. The van der Waals surface area contributed by atoms with Gasteiger partial charge in [-0.1, -0.05) is 18.2 Å². The molecule has 0 N–H and O–H groups in total. The highest BCUT2D eigenvalue weighted by molar-refractivity contribution is 5.79. The van der Waals surface area contributed by atoms with E-state index in [-0.39, 0.29) is 5.91 Å². The van der Waals surface area contributed by atoms with Crippen LogP contribution in [0.3, 0.4) is 0 Å². The van der Waals surface area contributed by atoms with E-state index >= 15 is 0 Å². The summed E-state index contributed by atoms with van der Waals surface area (Å²) in [5, 5.41) is 0. The van der Waals surface area contributed by atoms with Crippen molar-refractivity contribution < 1.29 is 9.53 Å². The van der Waals surface area contributed by atoms with E-state index in [0.717, 1.165) is 30.4 Å². The molecule has 2 aromatic rings. The molecule has 0 radical (unpaired) electrons. The summed E-state index contributed by atoms with van der Waals surface area (Å²) >= 11 is 0. The molecule has 0 unspecified atom stereocenters. The first-order valence-electron chi connectivity index (χ1n) is 7.69. The second-order valence-electron chi connectivity index (χ2n) is 5.41. The van der Waals surface area contributed by atoms with Gasteiger partial charge in [-0.05, 0) is 12.1 Å². The molecule has 0 atom stereocenters. The summed E-state index contributed by atoms with van der Waals surface area (Å²) in [5.41, 5.74) is 0.925. The zero-order chi connectivity index (χ0) is 16.1. The molecule has 0 spiro atoms. The average Bonchev–Trinajstić information content (AvgIpc) is 2.63. The first-order valence-corrected chi connectivity index (χ1v) is 7.69. The van der Waals surface area contributed by atoms with E-state index in [1.807, 2.05) is 29.2 Å². The molecule has 1 aliphatic rings. The van der Waals surface area contributed by atoms with Crippen LogP contribution in [0.5, 0.6) is 5.75 Å². The Morgan fingerprint density at radius 2 is 1.78 bits per heavy atom. The Labute approximate surface area is 135 Å². The molecular formula is C17H20N4O2. The van der Waals surface area contributed by atoms with E-state index in [1.165, 1.54) is 0 Å². The van der Waals surface area contributed by atoms with Crippen molar-refractivity contribution in [1.29, 1.82) is 0 Å². The van der Waals surface area contributed by atoms with Gasteiger partial charge < -0.3 is 14.5 Å². The van der Waals surface area contributed by atoms with Crippen molar-refractivity contribution in [2.75, 3.05) is 38.2 Å². The highest BCUT2D eigenvalue weighted by Crippen LogP contribution is 2.19. The van der Waals surface area contributed by atoms with Gasteiger partial charge in [0, 0.05) is 44.1 Å². The van der Waals surface area contributed by atoms with Crippen molar-refractivity contribution in [3.8, 4) is 5.75 Å². The van der Waals surface area contributed by atoms with Gasteiger partial charge in [-0.2, -0.15) is 0 Å². The number of carbonyl (C=O) groups is 1. The van der Waals surface area contributed by atoms with Crippen LogP contribution >= 0.6 is 0 Å². The summed E-state index contributed by atoms with van der Waals surface area (Å²) in [6.45, 7) is 2.88. The molecular weight excluding hydrogens is 292 g/mol. The molecule has 1 aromatic heterocycles. The number of hydrogen-bond acceptors (Lipinski definition) is 5. The molecule has 0 saturated carbocycles. The third-order valence-electron chi connectivity index (χ3n) is 4.00. The maximum Gasteiger partial charge on any atom is 0.227 e. The van der Waals surface area contributed by atoms with E-state index in [2.05, 4.69) is 14.9 Å². The van der Waals surface area contributed by atoms with Crippen molar-refractivity contribution in [1.82, 2.24) is 14.9 Å². The molecule has 0 bridgehead atoms. The quantitative estimate of drug-likeness (QED) is 0.853. The third kappa shape index (κ3) is 3.59. The zero-order valence-electron chi connectivity index (χ0n) is 13.2. The Morgan fingerprint density at radius 1 is 1.09 bits per heavy atom. The summed E-state index contributed by atoms with van der Waals surface area (Å²) in [6, 6.07) is 9.45.